The fourth-order valence-corrected chi connectivity index (χ4v) is 3.44. The second-order valence-electron chi connectivity index (χ2n) is 7.43. The number of benzene rings is 2. The summed E-state index contributed by atoms with van der Waals surface area (Å²) >= 11 is 0. The zero-order valence-corrected chi connectivity index (χ0v) is 18.2. The van der Waals surface area contributed by atoms with Gasteiger partial charge >= 0.3 is 6.03 Å². The van der Waals surface area contributed by atoms with Crippen LogP contribution in [-0.4, -0.2) is 25.8 Å². The highest BCUT2D eigenvalue weighted by Crippen LogP contribution is 2.23. The molecule has 0 unspecified atom stereocenters. The maximum absolute atomic E-state index is 13.1. The van der Waals surface area contributed by atoms with Gasteiger partial charge in [0.25, 0.3) is 5.56 Å². The average molecular weight is 446 g/mol. The molecule has 2 aromatic heterocycles. The number of anilines is 1. The molecular weight excluding hydrogens is 423 g/mol. The SMILES string of the molecule is CCc1c(C)nc(-n2nc(-c3ccccc3)cc2NC(=O)NCc2ccc(F)cc2)[nH]c1=O. The molecule has 0 aliphatic carbocycles. The molecule has 0 saturated carbocycles. The third-order valence-electron chi connectivity index (χ3n) is 5.15. The molecule has 0 radical (unpaired) electrons. The van der Waals surface area contributed by atoms with Crippen LogP contribution in [0.4, 0.5) is 15.0 Å². The van der Waals surface area contributed by atoms with E-state index in [4.69, 9.17) is 0 Å². The van der Waals surface area contributed by atoms with Crippen molar-refractivity contribution in [3.05, 3.63) is 93.7 Å². The Bertz CT molecular complexity index is 1330. The minimum atomic E-state index is -0.482. The lowest BCUT2D eigenvalue weighted by atomic mass is 10.2. The van der Waals surface area contributed by atoms with Gasteiger partial charge in [-0.3, -0.25) is 15.1 Å². The molecule has 168 valence electrons. The Kier molecular flexibility index (Phi) is 6.30. The smallest absolute Gasteiger partial charge is 0.320 e. The lowest BCUT2D eigenvalue weighted by molar-refractivity contribution is 0.251. The summed E-state index contributed by atoms with van der Waals surface area (Å²) < 4.78 is 14.5. The fourth-order valence-electron chi connectivity index (χ4n) is 3.44. The zero-order valence-electron chi connectivity index (χ0n) is 18.2. The number of aromatic nitrogens is 4. The first-order chi connectivity index (χ1) is 15.9. The first kappa shape index (κ1) is 21.9. The summed E-state index contributed by atoms with van der Waals surface area (Å²) in [5.74, 6) is 0.189. The average Bonchev–Trinajstić information content (AvgIpc) is 3.23. The Morgan fingerprint density at radius 2 is 1.85 bits per heavy atom. The van der Waals surface area contributed by atoms with Crippen molar-refractivity contribution >= 4 is 11.8 Å². The maximum atomic E-state index is 13.1. The van der Waals surface area contributed by atoms with E-state index in [-0.39, 0.29) is 23.9 Å². The van der Waals surface area contributed by atoms with Crippen molar-refractivity contribution in [2.75, 3.05) is 5.32 Å². The second kappa shape index (κ2) is 9.47. The number of halogens is 1. The predicted molar refractivity (Wildman–Crippen MR) is 124 cm³/mol. The van der Waals surface area contributed by atoms with Gasteiger partial charge in [-0.25, -0.2) is 14.2 Å². The van der Waals surface area contributed by atoms with E-state index in [9.17, 15) is 14.0 Å². The van der Waals surface area contributed by atoms with Crippen LogP contribution in [0.1, 0.15) is 23.7 Å². The Morgan fingerprint density at radius 3 is 2.52 bits per heavy atom. The number of carbonyl (C=O) groups excluding carboxylic acids is 1. The van der Waals surface area contributed by atoms with Crippen LogP contribution in [0.25, 0.3) is 17.2 Å². The number of nitrogens with zero attached hydrogens (tertiary/aromatic N) is 3. The van der Waals surface area contributed by atoms with Gasteiger partial charge in [0.1, 0.15) is 11.6 Å². The number of rotatable bonds is 6. The molecule has 3 N–H and O–H groups in total. The molecule has 0 aliphatic heterocycles. The monoisotopic (exact) mass is 446 g/mol. The molecular formula is C24H23FN6O2. The highest BCUT2D eigenvalue weighted by molar-refractivity contribution is 5.89. The first-order valence-corrected chi connectivity index (χ1v) is 10.5. The Balaban J connectivity index is 1.64. The molecule has 2 aromatic carbocycles. The molecule has 0 saturated heterocycles. The molecule has 0 aliphatic rings. The number of amides is 2. The zero-order chi connectivity index (χ0) is 23.4. The summed E-state index contributed by atoms with van der Waals surface area (Å²) in [5, 5.41) is 10.1. The molecule has 2 heterocycles. The number of hydrogen-bond acceptors (Lipinski definition) is 4. The number of aromatic amines is 1. The standard InChI is InChI=1S/C24H23FN6O2/c1-3-19-15(2)27-23(29-22(19)32)31-21(13-20(30-31)17-7-5-4-6-8-17)28-24(33)26-14-16-9-11-18(25)12-10-16/h4-13H,3,14H2,1-2H3,(H2,26,28,33)(H,27,29,32). The van der Waals surface area contributed by atoms with Crippen molar-refractivity contribution in [3.63, 3.8) is 0 Å². The van der Waals surface area contributed by atoms with Crippen molar-refractivity contribution in [3.8, 4) is 17.2 Å². The first-order valence-electron chi connectivity index (χ1n) is 10.5. The Morgan fingerprint density at radius 1 is 1.12 bits per heavy atom. The van der Waals surface area contributed by atoms with Crippen LogP contribution in [0, 0.1) is 12.7 Å². The second-order valence-corrected chi connectivity index (χ2v) is 7.43. The minimum Gasteiger partial charge on any atom is -0.334 e. The number of hydrogen-bond donors (Lipinski definition) is 3. The van der Waals surface area contributed by atoms with E-state index in [1.54, 1.807) is 25.1 Å². The molecule has 4 rings (SSSR count). The third-order valence-corrected chi connectivity index (χ3v) is 5.15. The van der Waals surface area contributed by atoms with Crippen molar-refractivity contribution in [1.82, 2.24) is 25.1 Å². The van der Waals surface area contributed by atoms with Gasteiger partial charge in [-0.2, -0.15) is 9.78 Å². The van der Waals surface area contributed by atoms with E-state index >= 15 is 0 Å². The van der Waals surface area contributed by atoms with E-state index in [2.05, 4.69) is 25.7 Å². The summed E-state index contributed by atoms with van der Waals surface area (Å²) in [6.45, 7) is 3.87. The van der Waals surface area contributed by atoms with Crippen molar-refractivity contribution in [2.24, 2.45) is 0 Å². The summed E-state index contributed by atoms with van der Waals surface area (Å²) in [7, 11) is 0. The number of aryl methyl sites for hydroxylation is 1. The van der Waals surface area contributed by atoms with Crippen LogP contribution >= 0.6 is 0 Å². The van der Waals surface area contributed by atoms with Crippen LogP contribution in [0.5, 0.6) is 0 Å². The van der Waals surface area contributed by atoms with Gasteiger partial charge in [0.05, 0.1) is 5.69 Å². The molecule has 0 spiro atoms. The highest BCUT2D eigenvalue weighted by Gasteiger charge is 2.17. The minimum absolute atomic E-state index is 0.200. The Labute approximate surface area is 189 Å². The molecule has 9 heteroatoms. The van der Waals surface area contributed by atoms with Gasteiger partial charge in [0.15, 0.2) is 0 Å². The topological polar surface area (TPSA) is 105 Å². The van der Waals surface area contributed by atoms with Crippen LogP contribution < -0.4 is 16.2 Å². The third kappa shape index (κ3) is 4.98. The lowest BCUT2D eigenvalue weighted by Crippen LogP contribution is -2.29. The maximum Gasteiger partial charge on any atom is 0.320 e. The van der Waals surface area contributed by atoms with E-state index in [0.29, 0.717) is 29.2 Å². The molecule has 33 heavy (non-hydrogen) atoms. The predicted octanol–water partition coefficient (Wildman–Crippen LogP) is 3.95. The number of nitrogens with one attached hydrogen (secondary N) is 3. The van der Waals surface area contributed by atoms with E-state index < -0.39 is 6.03 Å². The molecule has 0 fully saturated rings. The van der Waals surface area contributed by atoms with Gasteiger partial charge in [-0.1, -0.05) is 49.4 Å². The van der Waals surface area contributed by atoms with Gasteiger partial charge in [-0.05, 0) is 31.0 Å². The van der Waals surface area contributed by atoms with Crippen LogP contribution in [0.2, 0.25) is 0 Å². The highest BCUT2D eigenvalue weighted by atomic mass is 19.1. The van der Waals surface area contributed by atoms with Crippen LogP contribution in [0.15, 0.2) is 65.5 Å². The number of urea groups is 1. The van der Waals surface area contributed by atoms with E-state index in [0.717, 1.165) is 11.1 Å². The largest absolute Gasteiger partial charge is 0.334 e. The van der Waals surface area contributed by atoms with Crippen molar-refractivity contribution in [1.29, 1.82) is 0 Å². The summed E-state index contributed by atoms with van der Waals surface area (Å²) in [5.41, 5.74) is 3.14. The summed E-state index contributed by atoms with van der Waals surface area (Å²) in [4.78, 5) is 32.3. The van der Waals surface area contributed by atoms with Crippen molar-refractivity contribution < 1.29 is 9.18 Å². The molecule has 2 amide bonds. The van der Waals surface area contributed by atoms with Crippen LogP contribution in [0.3, 0.4) is 0 Å². The molecule has 0 bridgehead atoms. The van der Waals surface area contributed by atoms with Gasteiger partial charge in [0, 0.05) is 29.4 Å². The molecule has 8 nitrogen and oxygen atoms in total. The van der Waals surface area contributed by atoms with Gasteiger partial charge < -0.3 is 5.32 Å². The fraction of sp³-hybridized carbons (Fsp3) is 0.167. The number of carbonyl (C=O) groups is 1. The van der Waals surface area contributed by atoms with Crippen LogP contribution in [-0.2, 0) is 13.0 Å². The van der Waals surface area contributed by atoms with E-state index in [1.165, 1.54) is 16.8 Å². The summed E-state index contributed by atoms with van der Waals surface area (Å²) in [6, 6.07) is 16.5. The quantitative estimate of drug-likeness (QED) is 0.417. The van der Waals surface area contributed by atoms with Crippen molar-refractivity contribution in [2.45, 2.75) is 26.8 Å². The molecule has 4 aromatic rings. The van der Waals surface area contributed by atoms with E-state index in [1.807, 2.05) is 37.3 Å². The Hall–Kier alpha value is -4.27. The summed E-state index contributed by atoms with van der Waals surface area (Å²) in [6.07, 6.45) is 0.555. The number of H-pyrrole nitrogens is 1. The normalized spacial score (nSPS) is 10.8. The lowest BCUT2D eigenvalue weighted by Gasteiger charge is -2.11. The van der Waals surface area contributed by atoms with Gasteiger partial charge in [-0.15, -0.1) is 0 Å². The molecule has 0 atom stereocenters. The van der Waals surface area contributed by atoms with Gasteiger partial charge in [0.2, 0.25) is 5.95 Å².